The Morgan fingerprint density at radius 2 is 2.07 bits per heavy atom. The lowest BCUT2D eigenvalue weighted by molar-refractivity contribution is 0.282. The van der Waals surface area contributed by atoms with Crippen molar-refractivity contribution < 1.29 is 5.11 Å². The average molecular weight is 374 g/mol. The topological polar surface area (TPSA) is 70.9 Å². The van der Waals surface area contributed by atoms with Crippen molar-refractivity contribution in [3.05, 3.63) is 64.8 Å². The molecule has 0 amide bonds. The van der Waals surface area contributed by atoms with Gasteiger partial charge < -0.3 is 10.4 Å². The van der Waals surface area contributed by atoms with Gasteiger partial charge >= 0.3 is 0 Å². The van der Waals surface area contributed by atoms with Crippen LogP contribution in [0.15, 0.2) is 48.8 Å². The monoisotopic (exact) mass is 374 g/mol. The molecule has 0 fully saturated rings. The van der Waals surface area contributed by atoms with Crippen molar-refractivity contribution in [3.63, 3.8) is 0 Å². The number of hydrogen-bond donors (Lipinski definition) is 2. The number of hydrogen-bond acceptors (Lipinski definition) is 6. The Bertz CT molecular complexity index is 1120. The number of aromatic nitrogens is 3. The highest BCUT2D eigenvalue weighted by atomic mass is 32.1. The summed E-state index contributed by atoms with van der Waals surface area (Å²) in [4.78, 5) is 16.3. The van der Waals surface area contributed by atoms with Crippen LogP contribution < -0.4 is 5.32 Å². The molecule has 0 radical (unpaired) electrons. The van der Waals surface area contributed by atoms with Crippen LogP contribution in [-0.4, -0.2) is 20.1 Å². The number of aliphatic hydroxyl groups is 1. The number of anilines is 2. The molecule has 5 rings (SSSR count). The summed E-state index contributed by atoms with van der Waals surface area (Å²) in [6.45, 7) is 0.0173. The first kappa shape index (κ1) is 16.4. The molecule has 0 bridgehead atoms. The molecule has 1 aromatic carbocycles. The number of benzene rings is 1. The Morgan fingerprint density at radius 1 is 1.11 bits per heavy atom. The van der Waals surface area contributed by atoms with Gasteiger partial charge in [0, 0.05) is 28.5 Å². The van der Waals surface area contributed by atoms with Crippen LogP contribution in [-0.2, 0) is 19.4 Å². The molecule has 0 saturated carbocycles. The SMILES string of the molecule is OCc1cccc(Nc2nc(-c3cccnc3)nc3sc4c(c23)CCC4)c1. The molecule has 3 heterocycles. The molecular weight excluding hydrogens is 356 g/mol. The molecule has 27 heavy (non-hydrogen) atoms. The van der Waals surface area contributed by atoms with Crippen LogP contribution in [0.25, 0.3) is 21.6 Å². The van der Waals surface area contributed by atoms with E-state index >= 15 is 0 Å². The molecule has 0 aliphatic heterocycles. The molecule has 0 saturated heterocycles. The molecule has 2 N–H and O–H groups in total. The summed E-state index contributed by atoms with van der Waals surface area (Å²) < 4.78 is 0. The summed E-state index contributed by atoms with van der Waals surface area (Å²) >= 11 is 1.78. The maximum atomic E-state index is 9.43. The Morgan fingerprint density at radius 3 is 2.93 bits per heavy atom. The van der Waals surface area contributed by atoms with E-state index in [0.29, 0.717) is 5.82 Å². The third-order valence-corrected chi connectivity index (χ3v) is 6.04. The van der Waals surface area contributed by atoms with Gasteiger partial charge in [0.05, 0.1) is 12.0 Å². The molecule has 1 aliphatic carbocycles. The molecular formula is C21H18N4OS. The summed E-state index contributed by atoms with van der Waals surface area (Å²) in [5.41, 5.74) is 4.07. The van der Waals surface area contributed by atoms with Gasteiger partial charge in [-0.1, -0.05) is 12.1 Å². The van der Waals surface area contributed by atoms with E-state index in [-0.39, 0.29) is 6.61 Å². The first-order chi connectivity index (χ1) is 13.3. The summed E-state index contributed by atoms with van der Waals surface area (Å²) in [7, 11) is 0. The molecule has 3 aromatic heterocycles. The molecule has 0 unspecified atom stereocenters. The number of nitrogens with one attached hydrogen (secondary N) is 1. The Balaban J connectivity index is 1.68. The summed E-state index contributed by atoms with van der Waals surface area (Å²) in [5, 5.41) is 14.0. The zero-order valence-electron chi connectivity index (χ0n) is 14.6. The highest BCUT2D eigenvalue weighted by Gasteiger charge is 2.23. The van der Waals surface area contributed by atoms with Gasteiger partial charge in [-0.25, -0.2) is 9.97 Å². The van der Waals surface area contributed by atoms with Crippen LogP contribution >= 0.6 is 11.3 Å². The summed E-state index contributed by atoms with van der Waals surface area (Å²) in [5.74, 6) is 1.50. The highest BCUT2D eigenvalue weighted by Crippen LogP contribution is 2.41. The fourth-order valence-electron chi connectivity index (χ4n) is 3.59. The second kappa shape index (κ2) is 6.72. The van der Waals surface area contributed by atoms with Gasteiger partial charge in [0.1, 0.15) is 10.6 Å². The van der Waals surface area contributed by atoms with E-state index in [2.05, 4.69) is 10.3 Å². The molecule has 4 aromatic rings. The minimum absolute atomic E-state index is 0.0173. The molecule has 134 valence electrons. The molecule has 0 spiro atoms. The quantitative estimate of drug-likeness (QED) is 0.551. The van der Waals surface area contributed by atoms with E-state index in [1.165, 1.54) is 16.9 Å². The predicted molar refractivity (Wildman–Crippen MR) is 108 cm³/mol. The van der Waals surface area contributed by atoms with Crippen LogP contribution in [0.1, 0.15) is 22.4 Å². The Labute approximate surface area is 160 Å². The van der Waals surface area contributed by atoms with Crippen molar-refractivity contribution in [3.8, 4) is 11.4 Å². The van der Waals surface area contributed by atoms with Gasteiger partial charge in [-0.3, -0.25) is 4.98 Å². The number of nitrogens with zero attached hydrogens (tertiary/aromatic N) is 3. The summed E-state index contributed by atoms with van der Waals surface area (Å²) in [6, 6.07) is 11.7. The van der Waals surface area contributed by atoms with Gasteiger partial charge in [-0.05, 0) is 54.7 Å². The van der Waals surface area contributed by atoms with Crippen LogP contribution in [0.4, 0.5) is 11.5 Å². The normalized spacial score (nSPS) is 13.1. The smallest absolute Gasteiger partial charge is 0.164 e. The number of fused-ring (bicyclic) bond motifs is 3. The van der Waals surface area contributed by atoms with Crippen molar-refractivity contribution in [2.45, 2.75) is 25.9 Å². The van der Waals surface area contributed by atoms with Crippen molar-refractivity contribution in [2.24, 2.45) is 0 Å². The summed E-state index contributed by atoms with van der Waals surface area (Å²) in [6.07, 6.45) is 6.94. The maximum absolute atomic E-state index is 9.43. The van der Waals surface area contributed by atoms with Crippen LogP contribution in [0, 0.1) is 0 Å². The number of thiophene rings is 1. The third kappa shape index (κ3) is 2.97. The molecule has 6 heteroatoms. The number of pyridine rings is 1. The Kier molecular flexibility index (Phi) is 4.07. The number of aliphatic hydroxyl groups excluding tert-OH is 1. The van der Waals surface area contributed by atoms with Crippen LogP contribution in [0.5, 0.6) is 0 Å². The minimum Gasteiger partial charge on any atom is -0.392 e. The third-order valence-electron chi connectivity index (χ3n) is 4.86. The standard InChI is InChI=1S/C21H18N4OS/c26-12-13-4-1-6-15(10-13)23-20-18-16-7-2-8-17(16)27-21(18)25-19(24-20)14-5-3-9-22-11-14/h1,3-6,9-11,26H,2,7-8,12H2,(H,23,24,25). The van der Waals surface area contributed by atoms with E-state index in [0.717, 1.165) is 45.7 Å². The lowest BCUT2D eigenvalue weighted by Gasteiger charge is -2.11. The highest BCUT2D eigenvalue weighted by molar-refractivity contribution is 7.19. The number of rotatable bonds is 4. The van der Waals surface area contributed by atoms with Crippen molar-refractivity contribution in [2.75, 3.05) is 5.32 Å². The van der Waals surface area contributed by atoms with Crippen LogP contribution in [0.2, 0.25) is 0 Å². The minimum atomic E-state index is 0.0173. The van der Waals surface area contributed by atoms with E-state index in [1.54, 1.807) is 23.7 Å². The van der Waals surface area contributed by atoms with Gasteiger partial charge in [-0.15, -0.1) is 11.3 Å². The number of aryl methyl sites for hydroxylation is 2. The lowest BCUT2D eigenvalue weighted by atomic mass is 10.1. The first-order valence-electron chi connectivity index (χ1n) is 9.01. The zero-order chi connectivity index (χ0) is 18.2. The Hall–Kier alpha value is -2.83. The van der Waals surface area contributed by atoms with Gasteiger partial charge in [-0.2, -0.15) is 0 Å². The lowest BCUT2D eigenvalue weighted by Crippen LogP contribution is -2.00. The van der Waals surface area contributed by atoms with Crippen molar-refractivity contribution >= 4 is 33.1 Å². The van der Waals surface area contributed by atoms with E-state index in [9.17, 15) is 5.11 Å². The fraction of sp³-hybridized carbons (Fsp3) is 0.190. The van der Waals surface area contributed by atoms with Gasteiger partial charge in [0.25, 0.3) is 0 Å². The second-order valence-electron chi connectivity index (χ2n) is 6.66. The molecule has 5 nitrogen and oxygen atoms in total. The van der Waals surface area contributed by atoms with Crippen molar-refractivity contribution in [1.29, 1.82) is 0 Å². The van der Waals surface area contributed by atoms with Crippen molar-refractivity contribution in [1.82, 2.24) is 15.0 Å². The van der Waals surface area contributed by atoms with E-state index in [4.69, 9.17) is 9.97 Å². The van der Waals surface area contributed by atoms with E-state index in [1.807, 2.05) is 36.4 Å². The zero-order valence-corrected chi connectivity index (χ0v) is 15.5. The second-order valence-corrected chi connectivity index (χ2v) is 7.74. The predicted octanol–water partition coefficient (Wildman–Crippen LogP) is 4.48. The average Bonchev–Trinajstić information content (AvgIpc) is 3.29. The van der Waals surface area contributed by atoms with Gasteiger partial charge in [0.2, 0.25) is 0 Å². The molecule has 1 aliphatic rings. The maximum Gasteiger partial charge on any atom is 0.164 e. The van der Waals surface area contributed by atoms with Crippen LogP contribution in [0.3, 0.4) is 0 Å². The van der Waals surface area contributed by atoms with E-state index < -0.39 is 0 Å². The largest absolute Gasteiger partial charge is 0.392 e. The van der Waals surface area contributed by atoms with Gasteiger partial charge in [0.15, 0.2) is 5.82 Å². The fourth-order valence-corrected chi connectivity index (χ4v) is 4.86. The molecule has 0 atom stereocenters. The first-order valence-corrected chi connectivity index (χ1v) is 9.83.